The van der Waals surface area contributed by atoms with Crippen LogP contribution in [0.1, 0.15) is 40.7 Å². The minimum absolute atomic E-state index is 0.126. The molecule has 0 N–H and O–H groups in total. The molecular formula is C19H20O2. The van der Waals surface area contributed by atoms with Crippen LogP contribution in [0.5, 0.6) is 0 Å². The topological polar surface area (TPSA) is 26.3 Å². The molecule has 0 bridgehead atoms. The molecule has 2 aromatic carbocycles. The van der Waals surface area contributed by atoms with E-state index in [0.29, 0.717) is 6.61 Å². The summed E-state index contributed by atoms with van der Waals surface area (Å²) in [5.41, 5.74) is 3.27. The Hall–Kier alpha value is -1.93. The third-order valence-electron chi connectivity index (χ3n) is 3.96. The maximum atomic E-state index is 12.3. The van der Waals surface area contributed by atoms with Gasteiger partial charge in [0.2, 0.25) is 0 Å². The van der Waals surface area contributed by atoms with Crippen molar-refractivity contribution in [3.05, 3.63) is 71.3 Å². The van der Waals surface area contributed by atoms with Crippen LogP contribution < -0.4 is 0 Å². The van der Waals surface area contributed by atoms with Gasteiger partial charge in [-0.15, -0.1) is 0 Å². The van der Waals surface area contributed by atoms with Crippen LogP contribution in [0.4, 0.5) is 0 Å². The van der Waals surface area contributed by atoms with Gasteiger partial charge in [0.15, 0.2) is 5.78 Å². The van der Waals surface area contributed by atoms with Gasteiger partial charge in [-0.25, -0.2) is 0 Å². The largest absolute Gasteiger partial charge is 0.370 e. The van der Waals surface area contributed by atoms with Crippen LogP contribution in [0.25, 0.3) is 0 Å². The number of carbonyl (C=O) groups is 1. The summed E-state index contributed by atoms with van der Waals surface area (Å²) in [6.45, 7) is 0.711. The van der Waals surface area contributed by atoms with E-state index < -0.39 is 0 Å². The van der Waals surface area contributed by atoms with Crippen LogP contribution in [0.3, 0.4) is 0 Å². The monoisotopic (exact) mass is 280 g/mol. The molecule has 0 amide bonds. The molecule has 1 heterocycles. The Morgan fingerprint density at radius 3 is 2.33 bits per heavy atom. The number of carbonyl (C=O) groups excluding carboxylic acids is 1. The fraction of sp³-hybridized carbons (Fsp3) is 0.316. The van der Waals surface area contributed by atoms with E-state index in [-0.39, 0.29) is 11.9 Å². The molecule has 1 aliphatic rings. The summed E-state index contributed by atoms with van der Waals surface area (Å²) in [6, 6.07) is 18.3. The molecule has 1 aliphatic heterocycles. The predicted octanol–water partition coefficient (Wildman–Crippen LogP) is 4.03. The van der Waals surface area contributed by atoms with Gasteiger partial charge < -0.3 is 4.74 Å². The molecule has 1 saturated heterocycles. The summed E-state index contributed by atoms with van der Waals surface area (Å²) in [6.07, 6.45) is 3.67. The Morgan fingerprint density at radius 2 is 1.67 bits per heavy atom. The zero-order valence-corrected chi connectivity index (χ0v) is 12.1. The van der Waals surface area contributed by atoms with Gasteiger partial charge in [-0.2, -0.15) is 0 Å². The summed E-state index contributed by atoms with van der Waals surface area (Å²) in [5, 5.41) is 0. The van der Waals surface area contributed by atoms with E-state index in [4.69, 9.17) is 4.74 Å². The van der Waals surface area contributed by atoms with Crippen LogP contribution in [-0.2, 0) is 11.2 Å². The number of benzene rings is 2. The lowest BCUT2D eigenvalue weighted by molar-refractivity contribution is 0.0186. The fourth-order valence-corrected chi connectivity index (χ4v) is 2.75. The first kappa shape index (κ1) is 14.0. The van der Waals surface area contributed by atoms with Gasteiger partial charge in [-0.05, 0) is 36.8 Å². The van der Waals surface area contributed by atoms with Crippen molar-refractivity contribution >= 4 is 5.78 Å². The van der Waals surface area contributed by atoms with Gasteiger partial charge in [0.05, 0.1) is 0 Å². The average Bonchev–Trinajstić information content (AvgIpc) is 2.57. The van der Waals surface area contributed by atoms with E-state index >= 15 is 0 Å². The molecule has 0 spiro atoms. The third kappa shape index (κ3) is 3.59. The summed E-state index contributed by atoms with van der Waals surface area (Å²) in [7, 11) is 0. The highest BCUT2D eigenvalue weighted by molar-refractivity contribution is 5.99. The van der Waals surface area contributed by atoms with Crippen LogP contribution in [0.2, 0.25) is 0 Å². The van der Waals surface area contributed by atoms with Crippen molar-refractivity contribution in [1.82, 2.24) is 0 Å². The molecule has 0 radical (unpaired) electrons. The first-order valence-electron chi connectivity index (χ1n) is 7.61. The smallest absolute Gasteiger partial charge is 0.191 e. The van der Waals surface area contributed by atoms with Gasteiger partial charge >= 0.3 is 0 Å². The van der Waals surface area contributed by atoms with Crippen LogP contribution in [0.15, 0.2) is 54.6 Å². The molecule has 1 atom stereocenters. The second-order valence-corrected chi connectivity index (χ2v) is 5.58. The first-order valence-corrected chi connectivity index (χ1v) is 7.61. The molecule has 2 aromatic rings. The van der Waals surface area contributed by atoms with Gasteiger partial charge in [-0.3, -0.25) is 4.79 Å². The molecule has 0 saturated carbocycles. The molecular weight excluding hydrogens is 260 g/mol. The van der Waals surface area contributed by atoms with Crippen molar-refractivity contribution < 1.29 is 9.53 Å². The van der Waals surface area contributed by atoms with E-state index in [1.54, 1.807) is 0 Å². The van der Waals surface area contributed by atoms with E-state index in [2.05, 4.69) is 12.1 Å². The van der Waals surface area contributed by atoms with Crippen molar-refractivity contribution in [2.24, 2.45) is 0 Å². The number of hydrogen-bond acceptors (Lipinski definition) is 2. The molecule has 108 valence electrons. The van der Waals surface area contributed by atoms with E-state index in [0.717, 1.165) is 31.2 Å². The fourth-order valence-electron chi connectivity index (χ4n) is 2.75. The van der Waals surface area contributed by atoms with Crippen molar-refractivity contribution in [3.63, 3.8) is 0 Å². The standard InChI is InChI=1S/C19H20O2/c20-19(18-8-4-5-13-21-18)17-11-9-16(10-12-17)14-15-6-2-1-3-7-15/h1-3,6-7,9-12,18H,4-5,8,13-14H2. The predicted molar refractivity (Wildman–Crippen MR) is 83.6 cm³/mol. The number of ether oxygens (including phenoxy) is 1. The second-order valence-electron chi connectivity index (χ2n) is 5.58. The van der Waals surface area contributed by atoms with Crippen LogP contribution in [0, 0.1) is 0 Å². The lowest BCUT2D eigenvalue weighted by atomic mass is 9.97. The van der Waals surface area contributed by atoms with Gasteiger partial charge in [-0.1, -0.05) is 54.6 Å². The Kier molecular flexibility index (Phi) is 4.46. The van der Waals surface area contributed by atoms with Crippen molar-refractivity contribution in [2.75, 3.05) is 6.61 Å². The van der Waals surface area contributed by atoms with E-state index in [9.17, 15) is 4.79 Å². The minimum atomic E-state index is -0.237. The van der Waals surface area contributed by atoms with E-state index in [1.165, 1.54) is 11.1 Å². The van der Waals surface area contributed by atoms with Crippen molar-refractivity contribution in [1.29, 1.82) is 0 Å². The number of hydrogen-bond donors (Lipinski definition) is 0. The highest BCUT2D eigenvalue weighted by Crippen LogP contribution is 2.18. The number of rotatable bonds is 4. The van der Waals surface area contributed by atoms with Crippen molar-refractivity contribution in [3.8, 4) is 0 Å². The summed E-state index contributed by atoms with van der Waals surface area (Å²) < 4.78 is 5.57. The minimum Gasteiger partial charge on any atom is -0.370 e. The molecule has 0 aliphatic carbocycles. The second kappa shape index (κ2) is 6.68. The molecule has 21 heavy (non-hydrogen) atoms. The molecule has 0 aromatic heterocycles. The third-order valence-corrected chi connectivity index (χ3v) is 3.96. The average molecular weight is 280 g/mol. The maximum absolute atomic E-state index is 12.3. The Labute approximate surface area is 125 Å². The lowest BCUT2D eigenvalue weighted by Gasteiger charge is -2.21. The van der Waals surface area contributed by atoms with Crippen molar-refractivity contribution in [2.45, 2.75) is 31.8 Å². The molecule has 2 heteroatoms. The van der Waals surface area contributed by atoms with Gasteiger partial charge in [0.1, 0.15) is 6.10 Å². The lowest BCUT2D eigenvalue weighted by Crippen LogP contribution is -2.28. The van der Waals surface area contributed by atoms with Crippen LogP contribution >= 0.6 is 0 Å². The van der Waals surface area contributed by atoms with Gasteiger partial charge in [0, 0.05) is 12.2 Å². The number of Topliss-reactive ketones (excluding diaryl/α,β-unsaturated/α-hetero) is 1. The zero-order chi connectivity index (χ0) is 14.5. The summed E-state index contributed by atoms with van der Waals surface area (Å²) >= 11 is 0. The molecule has 1 unspecified atom stereocenters. The zero-order valence-electron chi connectivity index (χ0n) is 12.1. The summed E-state index contributed by atoms with van der Waals surface area (Å²) in [4.78, 5) is 12.3. The Morgan fingerprint density at radius 1 is 0.952 bits per heavy atom. The van der Waals surface area contributed by atoms with E-state index in [1.807, 2.05) is 42.5 Å². The SMILES string of the molecule is O=C(c1ccc(Cc2ccccc2)cc1)C1CCCCO1. The first-order chi connectivity index (χ1) is 10.3. The summed E-state index contributed by atoms with van der Waals surface area (Å²) in [5.74, 6) is 0.126. The Bertz CT molecular complexity index is 581. The molecule has 3 rings (SSSR count). The maximum Gasteiger partial charge on any atom is 0.191 e. The molecule has 1 fully saturated rings. The Balaban J connectivity index is 1.67. The molecule has 2 nitrogen and oxygen atoms in total. The number of ketones is 1. The van der Waals surface area contributed by atoms with Crippen LogP contribution in [-0.4, -0.2) is 18.5 Å². The van der Waals surface area contributed by atoms with Gasteiger partial charge in [0.25, 0.3) is 0 Å². The normalized spacial score (nSPS) is 18.4. The highest BCUT2D eigenvalue weighted by Gasteiger charge is 2.22. The quantitative estimate of drug-likeness (QED) is 0.790. The highest BCUT2D eigenvalue weighted by atomic mass is 16.5.